The van der Waals surface area contributed by atoms with Crippen molar-refractivity contribution in [2.45, 2.75) is 32.6 Å². The summed E-state index contributed by atoms with van der Waals surface area (Å²) in [5, 5.41) is 3.30. The third kappa shape index (κ3) is 6.88. The third-order valence-electron chi connectivity index (χ3n) is 2.88. The average molecular weight is 215 g/mol. The van der Waals surface area contributed by atoms with E-state index >= 15 is 0 Å². The normalized spacial score (nSPS) is 17.4. The van der Waals surface area contributed by atoms with Gasteiger partial charge in [0.2, 0.25) is 0 Å². The minimum atomic E-state index is 0.805. The van der Waals surface area contributed by atoms with Gasteiger partial charge in [-0.2, -0.15) is 0 Å². The fourth-order valence-corrected chi connectivity index (χ4v) is 1.99. The molecule has 1 fully saturated rings. The summed E-state index contributed by atoms with van der Waals surface area (Å²) in [4.78, 5) is 0. The Labute approximate surface area is 93.5 Å². The Morgan fingerprint density at radius 1 is 1.07 bits per heavy atom. The van der Waals surface area contributed by atoms with E-state index in [1.807, 2.05) is 6.92 Å². The van der Waals surface area contributed by atoms with Crippen LogP contribution < -0.4 is 5.32 Å². The van der Waals surface area contributed by atoms with Gasteiger partial charge in [-0.1, -0.05) is 12.8 Å². The van der Waals surface area contributed by atoms with Gasteiger partial charge in [0.1, 0.15) is 0 Å². The number of hydrogen-bond donors (Lipinski definition) is 1. The molecule has 1 rings (SSSR count). The van der Waals surface area contributed by atoms with Crippen LogP contribution in [0.15, 0.2) is 0 Å². The Hall–Kier alpha value is -0.120. The lowest BCUT2D eigenvalue weighted by Gasteiger charge is -2.10. The van der Waals surface area contributed by atoms with E-state index in [1.54, 1.807) is 0 Å². The molecule has 0 saturated heterocycles. The van der Waals surface area contributed by atoms with Crippen molar-refractivity contribution < 1.29 is 9.47 Å². The van der Waals surface area contributed by atoms with Crippen LogP contribution in [0.3, 0.4) is 0 Å². The van der Waals surface area contributed by atoms with Crippen LogP contribution in [0.25, 0.3) is 0 Å². The summed E-state index contributed by atoms with van der Waals surface area (Å²) in [6, 6.07) is 0. The molecule has 0 unspecified atom stereocenters. The highest BCUT2D eigenvalue weighted by Crippen LogP contribution is 2.24. The second-order valence-corrected chi connectivity index (χ2v) is 4.17. The molecule has 3 nitrogen and oxygen atoms in total. The highest BCUT2D eigenvalue weighted by molar-refractivity contribution is 4.66. The van der Waals surface area contributed by atoms with E-state index in [-0.39, 0.29) is 0 Å². The second-order valence-electron chi connectivity index (χ2n) is 4.17. The second kappa shape index (κ2) is 9.13. The summed E-state index contributed by atoms with van der Waals surface area (Å²) >= 11 is 0. The van der Waals surface area contributed by atoms with E-state index in [2.05, 4.69) is 5.32 Å². The van der Waals surface area contributed by atoms with Crippen molar-refractivity contribution in [2.24, 2.45) is 5.92 Å². The number of nitrogens with one attached hydrogen (secondary N) is 1. The van der Waals surface area contributed by atoms with E-state index in [0.29, 0.717) is 0 Å². The lowest BCUT2D eigenvalue weighted by molar-refractivity contribution is 0.0996. The molecule has 0 bridgehead atoms. The van der Waals surface area contributed by atoms with Crippen LogP contribution in [-0.2, 0) is 9.47 Å². The Balaban J connectivity index is 1.73. The van der Waals surface area contributed by atoms with E-state index in [4.69, 9.17) is 9.47 Å². The first-order valence-electron chi connectivity index (χ1n) is 6.29. The molecule has 1 saturated carbocycles. The lowest BCUT2D eigenvalue weighted by atomic mass is 10.1. The Morgan fingerprint density at radius 3 is 2.40 bits per heavy atom. The molecular weight excluding hydrogens is 190 g/mol. The lowest BCUT2D eigenvalue weighted by Crippen LogP contribution is -2.24. The number of ether oxygens (including phenoxy) is 2. The van der Waals surface area contributed by atoms with Crippen LogP contribution >= 0.6 is 0 Å². The molecule has 0 aliphatic heterocycles. The molecule has 90 valence electrons. The van der Waals surface area contributed by atoms with Gasteiger partial charge in [0.25, 0.3) is 0 Å². The van der Waals surface area contributed by atoms with E-state index in [9.17, 15) is 0 Å². The van der Waals surface area contributed by atoms with E-state index in [0.717, 1.165) is 45.4 Å². The molecule has 0 spiro atoms. The minimum absolute atomic E-state index is 0.805. The summed E-state index contributed by atoms with van der Waals surface area (Å²) in [6.45, 7) is 7.31. The quantitative estimate of drug-likeness (QED) is 0.595. The van der Waals surface area contributed by atoms with Crippen molar-refractivity contribution in [3.05, 3.63) is 0 Å². The smallest absolute Gasteiger partial charge is 0.0591 e. The molecular formula is C12H25NO2. The molecule has 0 radical (unpaired) electrons. The Bertz CT molecular complexity index is 136. The van der Waals surface area contributed by atoms with Gasteiger partial charge in [0.05, 0.1) is 13.2 Å². The molecule has 0 aromatic rings. The van der Waals surface area contributed by atoms with Gasteiger partial charge in [0, 0.05) is 26.3 Å². The van der Waals surface area contributed by atoms with Crippen LogP contribution in [0, 0.1) is 5.92 Å². The minimum Gasteiger partial charge on any atom is -0.380 e. The SMILES string of the molecule is CCOCCNCCOCC1CCCC1. The van der Waals surface area contributed by atoms with Crippen LogP contribution in [0.2, 0.25) is 0 Å². The maximum Gasteiger partial charge on any atom is 0.0591 e. The zero-order valence-corrected chi connectivity index (χ0v) is 9.96. The van der Waals surface area contributed by atoms with Gasteiger partial charge >= 0.3 is 0 Å². The summed E-state index contributed by atoms with van der Waals surface area (Å²) in [7, 11) is 0. The molecule has 3 heteroatoms. The topological polar surface area (TPSA) is 30.5 Å². The van der Waals surface area contributed by atoms with Crippen LogP contribution in [0.1, 0.15) is 32.6 Å². The zero-order chi connectivity index (χ0) is 10.8. The number of rotatable bonds is 9. The van der Waals surface area contributed by atoms with E-state index < -0.39 is 0 Å². The van der Waals surface area contributed by atoms with Crippen molar-refractivity contribution in [1.29, 1.82) is 0 Å². The fraction of sp³-hybridized carbons (Fsp3) is 1.00. The molecule has 0 heterocycles. The first-order valence-corrected chi connectivity index (χ1v) is 6.29. The predicted molar refractivity (Wildman–Crippen MR) is 62.1 cm³/mol. The van der Waals surface area contributed by atoms with Gasteiger partial charge in [-0.25, -0.2) is 0 Å². The summed E-state index contributed by atoms with van der Waals surface area (Å²) in [5.74, 6) is 0.841. The van der Waals surface area contributed by atoms with Crippen molar-refractivity contribution >= 4 is 0 Å². The Morgan fingerprint density at radius 2 is 1.73 bits per heavy atom. The first kappa shape index (κ1) is 12.9. The van der Waals surface area contributed by atoms with E-state index in [1.165, 1.54) is 25.7 Å². The molecule has 1 aliphatic rings. The van der Waals surface area contributed by atoms with Gasteiger partial charge in [-0.05, 0) is 25.7 Å². The molecule has 1 aliphatic carbocycles. The van der Waals surface area contributed by atoms with Crippen LogP contribution in [0.5, 0.6) is 0 Å². The highest BCUT2D eigenvalue weighted by atomic mass is 16.5. The molecule has 1 N–H and O–H groups in total. The zero-order valence-electron chi connectivity index (χ0n) is 9.96. The molecule has 0 aromatic carbocycles. The average Bonchev–Trinajstić information content (AvgIpc) is 2.75. The first-order chi connectivity index (χ1) is 7.43. The van der Waals surface area contributed by atoms with Crippen molar-refractivity contribution in [1.82, 2.24) is 5.32 Å². The third-order valence-corrected chi connectivity index (χ3v) is 2.88. The van der Waals surface area contributed by atoms with Crippen LogP contribution in [-0.4, -0.2) is 39.5 Å². The summed E-state index contributed by atoms with van der Waals surface area (Å²) in [5.41, 5.74) is 0. The summed E-state index contributed by atoms with van der Waals surface area (Å²) in [6.07, 6.45) is 5.55. The van der Waals surface area contributed by atoms with Gasteiger partial charge in [-0.15, -0.1) is 0 Å². The van der Waals surface area contributed by atoms with Crippen molar-refractivity contribution in [2.75, 3.05) is 39.5 Å². The molecule has 0 amide bonds. The molecule has 0 aromatic heterocycles. The predicted octanol–water partition coefficient (Wildman–Crippen LogP) is 1.82. The van der Waals surface area contributed by atoms with Crippen molar-refractivity contribution in [3.8, 4) is 0 Å². The van der Waals surface area contributed by atoms with Gasteiger partial charge < -0.3 is 14.8 Å². The van der Waals surface area contributed by atoms with Gasteiger partial charge in [0.15, 0.2) is 0 Å². The maximum absolute atomic E-state index is 5.62. The molecule has 0 atom stereocenters. The van der Waals surface area contributed by atoms with Gasteiger partial charge in [-0.3, -0.25) is 0 Å². The standard InChI is InChI=1S/C12H25NO2/c1-2-14-9-7-13-8-10-15-11-12-5-3-4-6-12/h12-13H,2-11H2,1H3. The van der Waals surface area contributed by atoms with Crippen LogP contribution in [0.4, 0.5) is 0 Å². The van der Waals surface area contributed by atoms with Crippen molar-refractivity contribution in [3.63, 3.8) is 0 Å². The molecule has 15 heavy (non-hydrogen) atoms. The largest absolute Gasteiger partial charge is 0.380 e. The number of hydrogen-bond acceptors (Lipinski definition) is 3. The summed E-state index contributed by atoms with van der Waals surface area (Å²) < 4.78 is 10.8. The Kier molecular flexibility index (Phi) is 7.88. The monoisotopic (exact) mass is 215 g/mol. The highest BCUT2D eigenvalue weighted by Gasteiger charge is 2.14. The fourth-order valence-electron chi connectivity index (χ4n) is 1.99. The maximum atomic E-state index is 5.62.